The van der Waals surface area contributed by atoms with Gasteiger partial charge in [-0.3, -0.25) is 4.79 Å². The second kappa shape index (κ2) is 8.83. The number of aromatic amines is 1. The number of para-hydroxylation sites is 1. The van der Waals surface area contributed by atoms with E-state index in [1.165, 1.54) is 17.3 Å². The average Bonchev–Trinajstić information content (AvgIpc) is 3.39. The molecular formula is C21H21N7OS. The molecule has 0 aliphatic rings. The van der Waals surface area contributed by atoms with Gasteiger partial charge in [0.1, 0.15) is 5.82 Å². The van der Waals surface area contributed by atoms with Crippen LogP contribution < -0.4 is 11.1 Å². The van der Waals surface area contributed by atoms with E-state index in [-0.39, 0.29) is 17.6 Å². The predicted octanol–water partition coefficient (Wildman–Crippen LogP) is 3.53. The van der Waals surface area contributed by atoms with Crippen molar-refractivity contribution in [1.29, 1.82) is 0 Å². The van der Waals surface area contributed by atoms with Crippen LogP contribution in [0.2, 0.25) is 0 Å². The molecule has 9 heteroatoms. The first-order valence-electron chi connectivity index (χ1n) is 9.47. The number of carbonyl (C=O) groups is 1. The number of aryl methyl sites for hydroxylation is 1. The highest BCUT2D eigenvalue weighted by atomic mass is 32.2. The van der Waals surface area contributed by atoms with Gasteiger partial charge in [0.15, 0.2) is 0 Å². The van der Waals surface area contributed by atoms with Crippen molar-refractivity contribution in [3.63, 3.8) is 0 Å². The van der Waals surface area contributed by atoms with E-state index in [4.69, 9.17) is 10.8 Å². The highest BCUT2D eigenvalue weighted by Gasteiger charge is 2.15. The summed E-state index contributed by atoms with van der Waals surface area (Å²) in [6.45, 7) is 2.12. The summed E-state index contributed by atoms with van der Waals surface area (Å²) >= 11 is 1.20. The maximum absolute atomic E-state index is 12.5. The molecule has 0 radical (unpaired) electrons. The van der Waals surface area contributed by atoms with E-state index < -0.39 is 0 Å². The molecule has 0 bridgehead atoms. The molecule has 0 aliphatic heterocycles. The Balaban J connectivity index is 1.58. The molecule has 4 rings (SSSR count). The van der Waals surface area contributed by atoms with Gasteiger partial charge in [0.05, 0.1) is 17.1 Å². The van der Waals surface area contributed by atoms with Crippen LogP contribution in [0.15, 0.2) is 65.8 Å². The highest BCUT2D eigenvalue weighted by molar-refractivity contribution is 7.99. The second-order valence-corrected chi connectivity index (χ2v) is 7.50. The third kappa shape index (κ3) is 4.52. The Morgan fingerprint density at radius 1 is 1.17 bits per heavy atom. The van der Waals surface area contributed by atoms with Crippen molar-refractivity contribution in [2.75, 3.05) is 16.8 Å². The van der Waals surface area contributed by atoms with Gasteiger partial charge in [-0.25, -0.2) is 9.78 Å². The molecule has 2 aromatic carbocycles. The number of nitrogens with zero attached hydrogens (tertiary/aromatic N) is 4. The summed E-state index contributed by atoms with van der Waals surface area (Å²) in [6.07, 6.45) is 0.980. The van der Waals surface area contributed by atoms with Crippen LogP contribution >= 0.6 is 11.8 Å². The first-order valence-corrected chi connectivity index (χ1v) is 10.5. The van der Waals surface area contributed by atoms with Crippen molar-refractivity contribution in [2.24, 2.45) is 0 Å². The molecule has 2 aromatic heterocycles. The number of carbonyl (C=O) groups excluding carboxylic acids is 1. The molecule has 4 N–H and O–H groups in total. The third-order valence-corrected chi connectivity index (χ3v) is 5.30. The lowest BCUT2D eigenvalue weighted by Crippen LogP contribution is -2.17. The van der Waals surface area contributed by atoms with Crippen LogP contribution in [0.25, 0.3) is 16.9 Å². The molecule has 4 aromatic rings. The van der Waals surface area contributed by atoms with Crippen LogP contribution in [-0.4, -0.2) is 36.6 Å². The Morgan fingerprint density at radius 2 is 1.93 bits per heavy atom. The summed E-state index contributed by atoms with van der Waals surface area (Å²) < 4.78 is 1.73. The largest absolute Gasteiger partial charge is 0.368 e. The number of H-pyrrole nitrogens is 1. The molecule has 0 saturated carbocycles. The lowest BCUT2D eigenvalue weighted by Gasteiger charge is -2.08. The van der Waals surface area contributed by atoms with E-state index in [0.29, 0.717) is 11.0 Å². The van der Waals surface area contributed by atoms with Crippen molar-refractivity contribution in [3.05, 3.63) is 66.2 Å². The highest BCUT2D eigenvalue weighted by Crippen LogP contribution is 2.25. The van der Waals surface area contributed by atoms with E-state index in [2.05, 4.69) is 39.6 Å². The van der Waals surface area contributed by atoms with Crippen LogP contribution in [-0.2, 0) is 11.2 Å². The van der Waals surface area contributed by atoms with Crippen LogP contribution in [0, 0.1) is 0 Å². The van der Waals surface area contributed by atoms with Gasteiger partial charge in [0, 0.05) is 11.6 Å². The van der Waals surface area contributed by atoms with E-state index in [0.717, 1.165) is 23.4 Å². The summed E-state index contributed by atoms with van der Waals surface area (Å²) in [5.41, 5.74) is 9.41. The fraction of sp³-hybridized carbons (Fsp3) is 0.143. The Hall–Kier alpha value is -3.59. The van der Waals surface area contributed by atoms with Gasteiger partial charge in [-0.15, -0.1) is 5.10 Å². The smallest absolute Gasteiger partial charge is 0.236 e. The number of hydrogen-bond donors (Lipinski definition) is 3. The first kappa shape index (κ1) is 19.7. The lowest BCUT2D eigenvalue weighted by atomic mass is 10.1. The lowest BCUT2D eigenvalue weighted by molar-refractivity contribution is -0.113. The van der Waals surface area contributed by atoms with Crippen LogP contribution in [0.5, 0.6) is 0 Å². The van der Waals surface area contributed by atoms with Crippen molar-refractivity contribution in [1.82, 2.24) is 25.0 Å². The van der Waals surface area contributed by atoms with Crippen molar-refractivity contribution < 1.29 is 4.79 Å². The Morgan fingerprint density at radius 3 is 2.60 bits per heavy atom. The molecule has 152 valence electrons. The molecule has 2 heterocycles. The molecule has 0 atom stereocenters. The number of hydrogen-bond acceptors (Lipinski definition) is 6. The number of rotatable bonds is 7. The van der Waals surface area contributed by atoms with E-state index >= 15 is 0 Å². The fourth-order valence-corrected chi connectivity index (χ4v) is 3.53. The number of thioether (sulfide) groups is 1. The number of anilines is 2. The Kier molecular flexibility index (Phi) is 5.80. The van der Waals surface area contributed by atoms with Crippen LogP contribution in [0.3, 0.4) is 0 Å². The van der Waals surface area contributed by atoms with Crippen molar-refractivity contribution in [3.8, 4) is 16.9 Å². The maximum atomic E-state index is 12.5. The molecule has 0 aliphatic carbocycles. The van der Waals surface area contributed by atoms with Gasteiger partial charge < -0.3 is 11.1 Å². The van der Waals surface area contributed by atoms with E-state index in [9.17, 15) is 4.79 Å². The zero-order valence-electron chi connectivity index (χ0n) is 16.4. The molecule has 0 unspecified atom stereocenters. The Bertz CT molecular complexity index is 1140. The van der Waals surface area contributed by atoms with Crippen molar-refractivity contribution >= 4 is 29.4 Å². The quantitative estimate of drug-likeness (QED) is 0.395. The van der Waals surface area contributed by atoms with Gasteiger partial charge in [-0.2, -0.15) is 10.1 Å². The molecule has 30 heavy (non-hydrogen) atoms. The van der Waals surface area contributed by atoms with Crippen molar-refractivity contribution in [2.45, 2.75) is 18.5 Å². The number of amides is 1. The summed E-state index contributed by atoms with van der Waals surface area (Å²) in [4.78, 5) is 16.5. The summed E-state index contributed by atoms with van der Waals surface area (Å²) in [7, 11) is 0. The maximum Gasteiger partial charge on any atom is 0.236 e. The van der Waals surface area contributed by atoms with Gasteiger partial charge in [0.25, 0.3) is 0 Å². The van der Waals surface area contributed by atoms with Crippen LogP contribution in [0.4, 0.5) is 11.8 Å². The molecule has 8 nitrogen and oxygen atoms in total. The SMILES string of the molecule is CCc1ccc(-c2cc(NC(=O)CSc3n[nH]c(N)n3)n(-c3ccccc3)n2)cc1. The molecule has 0 spiro atoms. The predicted molar refractivity (Wildman–Crippen MR) is 119 cm³/mol. The normalized spacial score (nSPS) is 10.8. The first-order chi connectivity index (χ1) is 14.6. The minimum atomic E-state index is -0.187. The van der Waals surface area contributed by atoms with Gasteiger partial charge >= 0.3 is 0 Å². The fourth-order valence-electron chi connectivity index (χ4n) is 2.92. The monoisotopic (exact) mass is 419 g/mol. The van der Waals surface area contributed by atoms with E-state index in [1.54, 1.807) is 4.68 Å². The number of nitrogen functional groups attached to an aromatic ring is 1. The number of nitrogens with one attached hydrogen (secondary N) is 2. The minimum absolute atomic E-state index is 0.151. The summed E-state index contributed by atoms with van der Waals surface area (Å²) in [5.74, 6) is 0.778. The molecule has 1 amide bonds. The van der Waals surface area contributed by atoms with Gasteiger partial charge in [-0.1, -0.05) is 61.2 Å². The van der Waals surface area contributed by atoms with Gasteiger partial charge in [0.2, 0.25) is 17.0 Å². The standard InChI is InChI=1S/C21H21N7OS/c1-2-14-8-10-15(11-9-14)17-12-18(28(27-17)16-6-4-3-5-7-16)23-19(29)13-30-21-24-20(22)25-26-21/h3-12H,2,13H2,1H3,(H,23,29)(H3,22,24,25,26). The minimum Gasteiger partial charge on any atom is -0.368 e. The summed E-state index contributed by atoms with van der Waals surface area (Å²) in [6, 6.07) is 19.8. The topological polar surface area (TPSA) is 115 Å². The molecule has 0 saturated heterocycles. The van der Waals surface area contributed by atoms with Gasteiger partial charge in [-0.05, 0) is 24.1 Å². The third-order valence-electron chi connectivity index (χ3n) is 4.45. The van der Waals surface area contributed by atoms with E-state index in [1.807, 2.05) is 48.5 Å². The number of nitrogens with two attached hydrogens (primary N) is 1. The average molecular weight is 420 g/mol. The molecular weight excluding hydrogens is 398 g/mol. The zero-order chi connectivity index (χ0) is 20.9. The van der Waals surface area contributed by atoms with Crippen LogP contribution in [0.1, 0.15) is 12.5 Å². The number of aromatic nitrogens is 5. The molecule has 0 fully saturated rings. The number of benzene rings is 2. The second-order valence-electron chi connectivity index (χ2n) is 6.55. The zero-order valence-corrected chi connectivity index (χ0v) is 17.2. The summed E-state index contributed by atoms with van der Waals surface area (Å²) in [5, 5.41) is 14.6. The Labute approximate surface area is 177 Å².